The smallest absolute Gasteiger partial charge is 0.235 e. The SMILES string of the molecule is COc1cncc(OC2CCC(NC(=O)CCCCc3ccccc3)CC2)n1. The maximum atomic E-state index is 12.2. The Labute approximate surface area is 166 Å². The topological polar surface area (TPSA) is 73.3 Å². The highest BCUT2D eigenvalue weighted by atomic mass is 16.5. The Balaban J connectivity index is 1.30. The zero-order valence-corrected chi connectivity index (χ0v) is 16.5. The summed E-state index contributed by atoms with van der Waals surface area (Å²) in [6, 6.07) is 10.7. The average Bonchev–Trinajstić information content (AvgIpc) is 2.73. The fraction of sp³-hybridized carbons (Fsp3) is 0.500. The lowest BCUT2D eigenvalue weighted by molar-refractivity contribution is -0.122. The predicted octanol–water partition coefficient (Wildman–Crippen LogP) is 3.70. The number of methoxy groups -OCH3 is 1. The van der Waals surface area contributed by atoms with Crippen molar-refractivity contribution in [2.45, 2.75) is 63.5 Å². The van der Waals surface area contributed by atoms with Gasteiger partial charge in [0, 0.05) is 12.5 Å². The highest BCUT2D eigenvalue weighted by Gasteiger charge is 2.24. The van der Waals surface area contributed by atoms with Gasteiger partial charge in [0.15, 0.2) is 0 Å². The van der Waals surface area contributed by atoms with Gasteiger partial charge >= 0.3 is 0 Å². The van der Waals surface area contributed by atoms with Crippen molar-refractivity contribution in [2.24, 2.45) is 0 Å². The second-order valence-corrected chi connectivity index (χ2v) is 7.25. The van der Waals surface area contributed by atoms with Crippen LogP contribution in [0.3, 0.4) is 0 Å². The molecule has 2 aromatic rings. The second-order valence-electron chi connectivity index (χ2n) is 7.25. The molecular weight excluding hydrogens is 354 g/mol. The Morgan fingerprint density at radius 1 is 1.07 bits per heavy atom. The first-order chi connectivity index (χ1) is 13.7. The Morgan fingerprint density at radius 2 is 1.82 bits per heavy atom. The van der Waals surface area contributed by atoms with Crippen LogP contribution in [-0.4, -0.2) is 35.1 Å². The van der Waals surface area contributed by atoms with Gasteiger partial charge in [0.25, 0.3) is 0 Å². The predicted molar refractivity (Wildman–Crippen MR) is 107 cm³/mol. The molecule has 0 atom stereocenters. The molecule has 0 radical (unpaired) electrons. The molecule has 1 aliphatic carbocycles. The summed E-state index contributed by atoms with van der Waals surface area (Å²) in [7, 11) is 1.56. The van der Waals surface area contributed by atoms with Crippen molar-refractivity contribution in [1.82, 2.24) is 15.3 Å². The number of aromatic nitrogens is 2. The quantitative estimate of drug-likeness (QED) is 0.668. The van der Waals surface area contributed by atoms with Crippen LogP contribution in [0.2, 0.25) is 0 Å². The monoisotopic (exact) mass is 383 g/mol. The second kappa shape index (κ2) is 10.6. The third kappa shape index (κ3) is 6.51. The van der Waals surface area contributed by atoms with Gasteiger partial charge in [0.05, 0.1) is 19.5 Å². The number of ether oxygens (including phenoxy) is 2. The van der Waals surface area contributed by atoms with Crippen molar-refractivity contribution in [2.75, 3.05) is 7.11 Å². The van der Waals surface area contributed by atoms with Gasteiger partial charge in [0.1, 0.15) is 6.10 Å². The third-order valence-electron chi connectivity index (χ3n) is 5.09. The van der Waals surface area contributed by atoms with Gasteiger partial charge in [-0.15, -0.1) is 0 Å². The van der Waals surface area contributed by atoms with E-state index in [0.29, 0.717) is 18.2 Å². The van der Waals surface area contributed by atoms with Gasteiger partial charge in [-0.25, -0.2) is 0 Å². The minimum Gasteiger partial charge on any atom is -0.480 e. The number of amides is 1. The lowest BCUT2D eigenvalue weighted by Gasteiger charge is -2.29. The molecule has 0 bridgehead atoms. The summed E-state index contributed by atoms with van der Waals surface area (Å²) in [6.45, 7) is 0. The van der Waals surface area contributed by atoms with E-state index in [2.05, 4.69) is 39.6 Å². The van der Waals surface area contributed by atoms with E-state index in [1.165, 1.54) is 5.56 Å². The maximum Gasteiger partial charge on any atom is 0.235 e. The minimum absolute atomic E-state index is 0.112. The summed E-state index contributed by atoms with van der Waals surface area (Å²) in [6.07, 6.45) is 10.5. The minimum atomic E-state index is 0.112. The van der Waals surface area contributed by atoms with Crippen LogP contribution in [0, 0.1) is 0 Å². The maximum absolute atomic E-state index is 12.2. The molecule has 1 aromatic heterocycles. The number of hydrogen-bond donors (Lipinski definition) is 1. The number of benzene rings is 1. The van der Waals surface area contributed by atoms with E-state index >= 15 is 0 Å². The number of unbranched alkanes of at least 4 members (excludes halogenated alkanes) is 1. The van der Waals surface area contributed by atoms with E-state index in [9.17, 15) is 4.79 Å². The third-order valence-corrected chi connectivity index (χ3v) is 5.09. The largest absolute Gasteiger partial charge is 0.480 e. The summed E-state index contributed by atoms with van der Waals surface area (Å²) in [4.78, 5) is 20.5. The zero-order chi connectivity index (χ0) is 19.6. The van der Waals surface area contributed by atoms with Crippen LogP contribution in [0.4, 0.5) is 0 Å². The van der Waals surface area contributed by atoms with Gasteiger partial charge in [-0.1, -0.05) is 30.3 Å². The highest BCUT2D eigenvalue weighted by molar-refractivity contribution is 5.76. The Hall–Kier alpha value is -2.63. The molecule has 1 N–H and O–H groups in total. The first-order valence-electron chi connectivity index (χ1n) is 10.1. The Kier molecular flexibility index (Phi) is 7.64. The van der Waals surface area contributed by atoms with Crippen LogP contribution in [0.5, 0.6) is 11.8 Å². The Morgan fingerprint density at radius 3 is 2.57 bits per heavy atom. The van der Waals surface area contributed by atoms with E-state index in [-0.39, 0.29) is 18.1 Å². The van der Waals surface area contributed by atoms with Crippen LogP contribution in [0.15, 0.2) is 42.7 Å². The molecular formula is C22H29N3O3. The standard InChI is InChI=1S/C22H29N3O3/c1-27-21-15-23-16-22(25-21)28-19-13-11-18(12-14-19)24-20(26)10-6-5-9-17-7-3-2-4-8-17/h2-4,7-8,15-16,18-19H,5-6,9-14H2,1H3,(H,24,26). The van der Waals surface area contributed by atoms with E-state index in [4.69, 9.17) is 9.47 Å². The highest BCUT2D eigenvalue weighted by Crippen LogP contribution is 2.23. The molecule has 1 amide bonds. The van der Waals surface area contributed by atoms with Crippen molar-refractivity contribution in [1.29, 1.82) is 0 Å². The molecule has 6 nitrogen and oxygen atoms in total. The summed E-state index contributed by atoms with van der Waals surface area (Å²) in [5.41, 5.74) is 1.34. The lowest BCUT2D eigenvalue weighted by atomic mass is 9.93. The fourth-order valence-electron chi connectivity index (χ4n) is 3.54. The molecule has 1 aromatic carbocycles. The van der Waals surface area contributed by atoms with Crippen molar-refractivity contribution in [3.63, 3.8) is 0 Å². The number of rotatable bonds is 9. The number of nitrogens with zero attached hydrogens (tertiary/aromatic N) is 2. The molecule has 0 spiro atoms. The molecule has 0 aliphatic heterocycles. The molecule has 3 rings (SSSR count). The van der Waals surface area contributed by atoms with Crippen LogP contribution >= 0.6 is 0 Å². The first kappa shape index (κ1) is 20.1. The van der Waals surface area contributed by atoms with E-state index in [1.807, 2.05) is 6.07 Å². The summed E-state index contributed by atoms with van der Waals surface area (Å²) < 4.78 is 11.0. The average molecular weight is 383 g/mol. The van der Waals surface area contributed by atoms with Gasteiger partial charge < -0.3 is 14.8 Å². The molecule has 1 fully saturated rings. The number of carbonyl (C=O) groups is 1. The van der Waals surface area contributed by atoms with Gasteiger partial charge in [-0.2, -0.15) is 4.98 Å². The van der Waals surface area contributed by atoms with Crippen molar-refractivity contribution >= 4 is 5.91 Å². The van der Waals surface area contributed by atoms with Gasteiger partial charge in [-0.3, -0.25) is 9.78 Å². The Bertz CT molecular complexity index is 731. The number of hydrogen-bond acceptors (Lipinski definition) is 5. The molecule has 0 unspecified atom stereocenters. The molecule has 0 saturated heterocycles. The molecule has 28 heavy (non-hydrogen) atoms. The zero-order valence-electron chi connectivity index (χ0n) is 16.5. The first-order valence-corrected chi connectivity index (χ1v) is 10.1. The molecule has 6 heteroatoms. The fourth-order valence-corrected chi connectivity index (χ4v) is 3.54. The number of carbonyl (C=O) groups excluding carboxylic acids is 1. The van der Waals surface area contributed by atoms with Crippen molar-refractivity contribution < 1.29 is 14.3 Å². The van der Waals surface area contributed by atoms with Crippen LogP contribution in [0.1, 0.15) is 50.5 Å². The van der Waals surface area contributed by atoms with Gasteiger partial charge in [0.2, 0.25) is 17.7 Å². The van der Waals surface area contributed by atoms with Gasteiger partial charge in [-0.05, 0) is 50.5 Å². The lowest BCUT2D eigenvalue weighted by Crippen LogP contribution is -2.39. The normalized spacial score (nSPS) is 19.0. The van der Waals surface area contributed by atoms with E-state index in [1.54, 1.807) is 19.5 Å². The molecule has 150 valence electrons. The van der Waals surface area contributed by atoms with Crippen LogP contribution in [-0.2, 0) is 11.2 Å². The molecule has 1 saturated carbocycles. The number of aryl methyl sites for hydroxylation is 1. The van der Waals surface area contributed by atoms with Crippen molar-refractivity contribution in [3.05, 3.63) is 48.3 Å². The summed E-state index contributed by atoms with van der Waals surface area (Å²) in [5, 5.41) is 3.18. The molecule has 1 aliphatic rings. The van der Waals surface area contributed by atoms with Crippen LogP contribution in [0.25, 0.3) is 0 Å². The summed E-state index contributed by atoms with van der Waals surface area (Å²) in [5.74, 6) is 1.10. The number of nitrogens with one attached hydrogen (secondary N) is 1. The van der Waals surface area contributed by atoms with Crippen LogP contribution < -0.4 is 14.8 Å². The molecule has 1 heterocycles. The van der Waals surface area contributed by atoms with Crippen molar-refractivity contribution in [3.8, 4) is 11.8 Å². The summed E-state index contributed by atoms with van der Waals surface area (Å²) >= 11 is 0. The van der Waals surface area contributed by atoms with E-state index in [0.717, 1.165) is 44.9 Å². The van der Waals surface area contributed by atoms with E-state index < -0.39 is 0 Å².